The van der Waals surface area contributed by atoms with E-state index in [1.165, 1.54) is 56.8 Å². The maximum atomic E-state index is 5.07. The Hall–Kier alpha value is -0.980. The lowest BCUT2D eigenvalue weighted by atomic mass is 9.82. The molecule has 27 heavy (non-hydrogen) atoms. The van der Waals surface area contributed by atoms with E-state index < -0.39 is 0 Å². The van der Waals surface area contributed by atoms with Crippen molar-refractivity contribution in [3.63, 3.8) is 0 Å². The van der Waals surface area contributed by atoms with Crippen LogP contribution < -0.4 is 10.2 Å². The molecule has 2 aliphatic heterocycles. The standard InChI is InChI=1S/C22H34N4.HI/c1-2-23-22(26-16-19-8-6-7-9-20(19)17-26)24-14-18-12-13-25(15-18)21-10-4-3-5-11-21;/h3-5,10-11,18-20H,2,6-9,12-17H2,1H3,(H,23,24);1H. The SMILES string of the molecule is CCNC(=NCC1CCN(c2ccccc2)C1)N1CC2CCCCC2C1.I. The van der Waals surface area contributed by atoms with Gasteiger partial charge in [-0.25, -0.2) is 0 Å². The van der Waals surface area contributed by atoms with Crippen molar-refractivity contribution in [1.82, 2.24) is 10.2 Å². The number of anilines is 1. The van der Waals surface area contributed by atoms with E-state index in [0.717, 1.165) is 38.0 Å². The zero-order chi connectivity index (χ0) is 17.8. The quantitative estimate of drug-likeness (QED) is 0.396. The topological polar surface area (TPSA) is 30.9 Å². The van der Waals surface area contributed by atoms with Gasteiger partial charge in [0, 0.05) is 45.0 Å². The predicted molar refractivity (Wildman–Crippen MR) is 125 cm³/mol. The number of hydrogen-bond donors (Lipinski definition) is 1. The van der Waals surface area contributed by atoms with E-state index >= 15 is 0 Å². The second-order valence-corrected chi connectivity index (χ2v) is 8.34. The number of rotatable bonds is 4. The number of aliphatic imine (C=N–C) groups is 1. The molecule has 1 saturated carbocycles. The number of guanidine groups is 1. The van der Waals surface area contributed by atoms with Crippen LogP contribution in [0.4, 0.5) is 5.69 Å². The van der Waals surface area contributed by atoms with Gasteiger partial charge < -0.3 is 15.1 Å². The van der Waals surface area contributed by atoms with Gasteiger partial charge in [0.15, 0.2) is 5.96 Å². The van der Waals surface area contributed by atoms with Gasteiger partial charge in [0.25, 0.3) is 0 Å². The summed E-state index contributed by atoms with van der Waals surface area (Å²) in [5.74, 6) is 3.66. The summed E-state index contributed by atoms with van der Waals surface area (Å²) in [6.07, 6.45) is 6.97. The predicted octanol–water partition coefficient (Wildman–Crippen LogP) is 4.22. The summed E-state index contributed by atoms with van der Waals surface area (Å²) in [4.78, 5) is 10.1. The first-order valence-corrected chi connectivity index (χ1v) is 10.7. The molecule has 2 saturated heterocycles. The Morgan fingerprint density at radius 3 is 2.41 bits per heavy atom. The van der Waals surface area contributed by atoms with Gasteiger partial charge in [-0.2, -0.15) is 0 Å². The number of nitrogens with one attached hydrogen (secondary N) is 1. The lowest BCUT2D eigenvalue weighted by molar-refractivity contribution is 0.299. The molecule has 1 N–H and O–H groups in total. The van der Waals surface area contributed by atoms with Gasteiger partial charge in [0.2, 0.25) is 0 Å². The van der Waals surface area contributed by atoms with Gasteiger partial charge in [-0.15, -0.1) is 24.0 Å². The van der Waals surface area contributed by atoms with E-state index in [1.54, 1.807) is 0 Å². The maximum absolute atomic E-state index is 5.07. The minimum Gasteiger partial charge on any atom is -0.371 e. The summed E-state index contributed by atoms with van der Waals surface area (Å²) in [6.45, 7) is 8.84. The third-order valence-corrected chi connectivity index (χ3v) is 6.52. The molecule has 1 aromatic carbocycles. The Morgan fingerprint density at radius 1 is 1.04 bits per heavy atom. The van der Waals surface area contributed by atoms with Crippen molar-refractivity contribution in [3.05, 3.63) is 30.3 Å². The molecule has 5 heteroatoms. The highest BCUT2D eigenvalue weighted by atomic mass is 127. The van der Waals surface area contributed by atoms with Gasteiger partial charge >= 0.3 is 0 Å². The molecule has 3 aliphatic rings. The number of nitrogens with zero attached hydrogens (tertiary/aromatic N) is 3. The number of para-hydroxylation sites is 1. The molecule has 0 spiro atoms. The third-order valence-electron chi connectivity index (χ3n) is 6.52. The molecular formula is C22H35IN4. The van der Waals surface area contributed by atoms with Gasteiger partial charge in [0.1, 0.15) is 0 Å². The molecule has 4 nitrogen and oxygen atoms in total. The fraction of sp³-hybridized carbons (Fsp3) is 0.682. The van der Waals surface area contributed by atoms with E-state index in [-0.39, 0.29) is 24.0 Å². The second kappa shape index (κ2) is 9.99. The van der Waals surface area contributed by atoms with Crippen LogP contribution in [0.1, 0.15) is 39.0 Å². The molecule has 3 unspecified atom stereocenters. The Bertz CT molecular complexity index is 592. The van der Waals surface area contributed by atoms with Crippen molar-refractivity contribution >= 4 is 35.6 Å². The van der Waals surface area contributed by atoms with Gasteiger partial charge in [-0.1, -0.05) is 31.0 Å². The Balaban J connectivity index is 0.00000210. The number of hydrogen-bond acceptors (Lipinski definition) is 2. The van der Waals surface area contributed by atoms with Crippen molar-refractivity contribution in [2.75, 3.05) is 44.2 Å². The van der Waals surface area contributed by atoms with E-state index in [2.05, 4.69) is 52.4 Å². The summed E-state index contributed by atoms with van der Waals surface area (Å²) in [5.41, 5.74) is 1.36. The lowest BCUT2D eigenvalue weighted by Crippen LogP contribution is -2.40. The number of benzene rings is 1. The number of fused-ring (bicyclic) bond motifs is 1. The molecule has 3 fully saturated rings. The lowest BCUT2D eigenvalue weighted by Gasteiger charge is -2.22. The van der Waals surface area contributed by atoms with Crippen molar-refractivity contribution in [3.8, 4) is 0 Å². The zero-order valence-electron chi connectivity index (χ0n) is 16.6. The molecule has 0 amide bonds. The highest BCUT2D eigenvalue weighted by Crippen LogP contribution is 2.36. The molecule has 2 heterocycles. The van der Waals surface area contributed by atoms with Crippen molar-refractivity contribution < 1.29 is 0 Å². The average Bonchev–Trinajstić information content (AvgIpc) is 3.32. The first-order valence-electron chi connectivity index (χ1n) is 10.7. The molecule has 1 aliphatic carbocycles. The second-order valence-electron chi connectivity index (χ2n) is 8.34. The van der Waals surface area contributed by atoms with Gasteiger partial charge in [-0.05, 0) is 56.1 Å². The normalized spacial score (nSPS) is 28.0. The molecule has 4 rings (SSSR count). The molecule has 150 valence electrons. The summed E-state index contributed by atoms with van der Waals surface area (Å²) >= 11 is 0. The van der Waals surface area contributed by atoms with E-state index in [1.807, 2.05) is 0 Å². The largest absolute Gasteiger partial charge is 0.371 e. The minimum atomic E-state index is 0. The smallest absolute Gasteiger partial charge is 0.193 e. The van der Waals surface area contributed by atoms with Gasteiger partial charge in [0.05, 0.1) is 0 Å². The zero-order valence-corrected chi connectivity index (χ0v) is 19.0. The Labute approximate surface area is 181 Å². The van der Waals surface area contributed by atoms with E-state index in [9.17, 15) is 0 Å². The summed E-state index contributed by atoms with van der Waals surface area (Å²) in [5, 5.41) is 3.56. The van der Waals surface area contributed by atoms with Crippen LogP contribution in [-0.2, 0) is 0 Å². The van der Waals surface area contributed by atoms with Crippen molar-refractivity contribution in [1.29, 1.82) is 0 Å². The molecule has 0 aromatic heterocycles. The van der Waals surface area contributed by atoms with E-state index in [0.29, 0.717) is 5.92 Å². The molecule has 0 bridgehead atoms. The van der Waals surface area contributed by atoms with Crippen LogP contribution in [0.25, 0.3) is 0 Å². The fourth-order valence-corrected chi connectivity index (χ4v) is 5.08. The fourth-order valence-electron chi connectivity index (χ4n) is 5.08. The number of halogens is 1. The van der Waals surface area contributed by atoms with Crippen LogP contribution in [0.2, 0.25) is 0 Å². The molecule has 0 radical (unpaired) electrons. The average molecular weight is 482 g/mol. The molecule has 3 atom stereocenters. The number of likely N-dealkylation sites (tertiary alicyclic amines) is 1. The van der Waals surface area contributed by atoms with Crippen molar-refractivity contribution in [2.45, 2.75) is 39.0 Å². The van der Waals surface area contributed by atoms with Crippen molar-refractivity contribution in [2.24, 2.45) is 22.7 Å². The Morgan fingerprint density at radius 2 is 1.74 bits per heavy atom. The van der Waals surface area contributed by atoms with Crippen LogP contribution in [0.3, 0.4) is 0 Å². The summed E-state index contributed by atoms with van der Waals surface area (Å²) in [7, 11) is 0. The highest BCUT2D eigenvalue weighted by Gasteiger charge is 2.35. The Kier molecular flexibility index (Phi) is 7.67. The van der Waals surface area contributed by atoms with Crippen LogP contribution in [-0.4, -0.2) is 50.1 Å². The monoisotopic (exact) mass is 482 g/mol. The molecular weight excluding hydrogens is 447 g/mol. The van der Waals surface area contributed by atoms with Crippen LogP contribution in [0.5, 0.6) is 0 Å². The molecule has 1 aromatic rings. The van der Waals surface area contributed by atoms with Crippen LogP contribution >= 0.6 is 24.0 Å². The maximum Gasteiger partial charge on any atom is 0.193 e. The van der Waals surface area contributed by atoms with Crippen LogP contribution in [0.15, 0.2) is 35.3 Å². The first kappa shape index (κ1) is 20.7. The third kappa shape index (κ3) is 5.09. The van der Waals surface area contributed by atoms with E-state index in [4.69, 9.17) is 4.99 Å². The minimum absolute atomic E-state index is 0. The highest BCUT2D eigenvalue weighted by molar-refractivity contribution is 14.0. The first-order chi connectivity index (χ1) is 12.8. The van der Waals surface area contributed by atoms with Gasteiger partial charge in [-0.3, -0.25) is 4.99 Å². The summed E-state index contributed by atoms with van der Waals surface area (Å²) < 4.78 is 0. The summed E-state index contributed by atoms with van der Waals surface area (Å²) in [6, 6.07) is 10.8. The van der Waals surface area contributed by atoms with Crippen LogP contribution in [0, 0.1) is 17.8 Å².